The molecule has 21 heavy (non-hydrogen) atoms. The Morgan fingerprint density at radius 2 is 2.00 bits per heavy atom. The number of carbonyl (C=O) groups excluding carboxylic acids is 1. The Bertz CT molecular complexity index is 713. The van der Waals surface area contributed by atoms with Crippen molar-refractivity contribution in [3.63, 3.8) is 0 Å². The monoisotopic (exact) mass is 287 g/mol. The molecule has 1 aromatic carbocycles. The van der Waals surface area contributed by atoms with Gasteiger partial charge in [0, 0.05) is 6.08 Å². The first-order valence-corrected chi connectivity index (χ1v) is 6.73. The Morgan fingerprint density at radius 3 is 2.67 bits per heavy atom. The number of aryl methyl sites for hydroxylation is 1. The van der Waals surface area contributed by atoms with E-state index in [1.165, 1.54) is 6.92 Å². The van der Waals surface area contributed by atoms with Crippen LogP contribution in [0, 0.1) is 13.8 Å². The minimum Gasteiger partial charge on any atom is -0.512 e. The summed E-state index contributed by atoms with van der Waals surface area (Å²) in [4.78, 5) is 12.1. The predicted molar refractivity (Wildman–Crippen MR) is 78.1 cm³/mol. The second-order valence-electron chi connectivity index (χ2n) is 5.45. The van der Waals surface area contributed by atoms with Crippen molar-refractivity contribution in [1.29, 1.82) is 0 Å². The fraction of sp³-hybridized carbons (Fsp3) is 0.312. The van der Waals surface area contributed by atoms with Crippen molar-refractivity contribution in [1.82, 2.24) is 0 Å². The highest BCUT2D eigenvalue weighted by molar-refractivity contribution is 5.95. The van der Waals surface area contributed by atoms with Crippen molar-refractivity contribution in [2.24, 2.45) is 0 Å². The van der Waals surface area contributed by atoms with E-state index in [1.807, 2.05) is 26.0 Å². The van der Waals surface area contributed by atoms with Crippen LogP contribution >= 0.6 is 0 Å². The van der Waals surface area contributed by atoms with Crippen LogP contribution in [0.25, 0.3) is 0 Å². The number of nitrogens with one attached hydrogen (secondary N) is 1. The van der Waals surface area contributed by atoms with E-state index in [2.05, 4.69) is 5.32 Å². The van der Waals surface area contributed by atoms with Crippen LogP contribution in [0.5, 0.6) is 5.75 Å². The Hall–Kier alpha value is -2.43. The van der Waals surface area contributed by atoms with Gasteiger partial charge in [-0.2, -0.15) is 0 Å². The van der Waals surface area contributed by atoms with Gasteiger partial charge in [-0.15, -0.1) is 0 Å². The number of benzene rings is 1. The second-order valence-corrected chi connectivity index (χ2v) is 5.45. The van der Waals surface area contributed by atoms with Gasteiger partial charge in [0.1, 0.15) is 22.8 Å². The molecule has 110 valence electrons. The Kier molecular flexibility index (Phi) is 2.76. The van der Waals surface area contributed by atoms with Crippen molar-refractivity contribution in [2.75, 3.05) is 5.32 Å². The van der Waals surface area contributed by atoms with E-state index in [0.717, 1.165) is 16.8 Å². The van der Waals surface area contributed by atoms with Gasteiger partial charge in [0.25, 0.3) is 0 Å². The number of aliphatic hydroxyl groups excluding tert-OH is 1. The molecule has 0 aliphatic carbocycles. The minimum atomic E-state index is -1.21. The molecule has 2 aliphatic rings. The molecule has 5 nitrogen and oxygen atoms in total. The minimum absolute atomic E-state index is 0.0707. The van der Waals surface area contributed by atoms with Gasteiger partial charge < -0.3 is 19.9 Å². The first-order chi connectivity index (χ1) is 9.84. The molecule has 2 aliphatic heterocycles. The van der Waals surface area contributed by atoms with Gasteiger partial charge in [0.05, 0.1) is 5.69 Å². The van der Waals surface area contributed by atoms with E-state index in [-0.39, 0.29) is 11.3 Å². The van der Waals surface area contributed by atoms with Crippen LogP contribution in [0.4, 0.5) is 5.69 Å². The third-order valence-corrected chi connectivity index (χ3v) is 3.86. The quantitative estimate of drug-likeness (QED) is 0.436. The van der Waals surface area contributed by atoms with Gasteiger partial charge in [0.2, 0.25) is 5.72 Å². The third-order valence-electron chi connectivity index (χ3n) is 3.86. The van der Waals surface area contributed by atoms with Crippen LogP contribution in [0.1, 0.15) is 25.0 Å². The fourth-order valence-corrected chi connectivity index (χ4v) is 2.74. The molecule has 0 radical (unpaired) electrons. The topological polar surface area (TPSA) is 67.8 Å². The Morgan fingerprint density at radius 1 is 1.29 bits per heavy atom. The van der Waals surface area contributed by atoms with E-state index >= 15 is 0 Å². The van der Waals surface area contributed by atoms with Gasteiger partial charge in [0.15, 0.2) is 0 Å². The van der Waals surface area contributed by atoms with Crippen LogP contribution in [0.15, 0.2) is 35.3 Å². The molecule has 5 heteroatoms. The smallest absolute Gasteiger partial charge is 0.349 e. The first-order valence-electron chi connectivity index (χ1n) is 6.73. The summed E-state index contributed by atoms with van der Waals surface area (Å²) in [6.07, 6.45) is 1.66. The number of aliphatic hydroxyl groups is 1. The highest BCUT2D eigenvalue weighted by Gasteiger charge is 2.49. The largest absolute Gasteiger partial charge is 0.512 e. The number of ether oxygens (including phenoxy) is 2. The molecule has 0 bridgehead atoms. The van der Waals surface area contributed by atoms with Gasteiger partial charge in [-0.1, -0.05) is 6.07 Å². The van der Waals surface area contributed by atoms with Crippen molar-refractivity contribution in [2.45, 2.75) is 33.4 Å². The van der Waals surface area contributed by atoms with Crippen LogP contribution in [-0.4, -0.2) is 16.8 Å². The summed E-state index contributed by atoms with van der Waals surface area (Å²) in [7, 11) is 0. The maximum Gasteiger partial charge on any atom is 0.349 e. The summed E-state index contributed by atoms with van der Waals surface area (Å²) in [5.41, 5.74) is 1.74. The summed E-state index contributed by atoms with van der Waals surface area (Å²) >= 11 is 0. The van der Waals surface area contributed by atoms with Gasteiger partial charge in [-0.05, 0) is 44.9 Å². The highest BCUT2D eigenvalue weighted by Crippen LogP contribution is 2.46. The van der Waals surface area contributed by atoms with Crippen LogP contribution in [0.3, 0.4) is 0 Å². The van der Waals surface area contributed by atoms with Gasteiger partial charge >= 0.3 is 5.97 Å². The normalized spacial score (nSPS) is 25.7. The van der Waals surface area contributed by atoms with E-state index < -0.39 is 11.7 Å². The lowest BCUT2D eigenvalue weighted by Gasteiger charge is -2.31. The number of fused-ring (bicyclic) bond motifs is 1. The summed E-state index contributed by atoms with van der Waals surface area (Å²) in [6.45, 7) is 7.07. The molecule has 1 atom stereocenters. The van der Waals surface area contributed by atoms with Crippen molar-refractivity contribution >= 4 is 11.7 Å². The molecule has 0 amide bonds. The number of hydrogen-bond acceptors (Lipinski definition) is 5. The Balaban J connectivity index is 2.19. The van der Waals surface area contributed by atoms with Crippen LogP contribution in [0.2, 0.25) is 0 Å². The number of cyclic esters (lactones) is 1. The van der Waals surface area contributed by atoms with E-state index in [0.29, 0.717) is 11.5 Å². The number of esters is 1. The van der Waals surface area contributed by atoms with E-state index in [4.69, 9.17) is 9.47 Å². The van der Waals surface area contributed by atoms with Gasteiger partial charge in [-0.25, -0.2) is 4.79 Å². The first kappa shape index (κ1) is 13.5. The predicted octanol–water partition coefficient (Wildman–Crippen LogP) is 3.10. The van der Waals surface area contributed by atoms with Crippen LogP contribution in [-0.2, 0) is 9.53 Å². The molecule has 0 unspecified atom stereocenters. The molecule has 0 aromatic heterocycles. The van der Waals surface area contributed by atoms with Crippen molar-refractivity contribution in [3.8, 4) is 5.75 Å². The summed E-state index contributed by atoms with van der Waals surface area (Å²) in [5.74, 6) is 0.385. The second kappa shape index (κ2) is 4.28. The van der Waals surface area contributed by atoms with Crippen molar-refractivity contribution in [3.05, 3.63) is 46.4 Å². The zero-order chi connectivity index (χ0) is 15.4. The SMILES string of the molecule is CC1=C[C@]2(Nc3ccc(C)c(C)c3O2)C(=C(C)O)C(=O)O1. The Labute approximate surface area is 122 Å². The molecular formula is C16H17NO4. The maximum absolute atomic E-state index is 12.1. The lowest BCUT2D eigenvalue weighted by atomic mass is 9.98. The van der Waals surface area contributed by atoms with E-state index in [9.17, 15) is 9.90 Å². The summed E-state index contributed by atoms with van der Waals surface area (Å²) < 4.78 is 11.1. The molecule has 0 saturated heterocycles. The average molecular weight is 287 g/mol. The third kappa shape index (κ3) is 1.88. The molecule has 1 aromatic rings. The summed E-state index contributed by atoms with van der Waals surface area (Å²) in [6, 6.07) is 3.89. The maximum atomic E-state index is 12.1. The molecule has 2 heterocycles. The summed E-state index contributed by atoms with van der Waals surface area (Å²) in [5, 5.41) is 13.1. The number of rotatable bonds is 0. The molecular weight excluding hydrogens is 270 g/mol. The number of allylic oxidation sites excluding steroid dienone is 2. The van der Waals surface area contributed by atoms with E-state index in [1.54, 1.807) is 13.0 Å². The van der Waals surface area contributed by atoms with Crippen molar-refractivity contribution < 1.29 is 19.4 Å². The average Bonchev–Trinajstić information content (AvgIpc) is 2.71. The van der Waals surface area contributed by atoms with Crippen LogP contribution < -0.4 is 10.1 Å². The van der Waals surface area contributed by atoms with Gasteiger partial charge in [-0.3, -0.25) is 0 Å². The lowest BCUT2D eigenvalue weighted by molar-refractivity contribution is -0.138. The standard InChI is InChI=1S/C16H17NO4/c1-8-5-6-12-14(10(8)3)21-16(17-12)7-9(2)20-15(19)13(16)11(4)18/h5-7,17-18H,1-4H3/t16-/m1/s1. The molecule has 0 saturated carbocycles. The molecule has 3 rings (SSSR count). The number of anilines is 1. The molecule has 0 fully saturated rings. The highest BCUT2D eigenvalue weighted by atomic mass is 16.6. The zero-order valence-corrected chi connectivity index (χ0v) is 12.4. The molecule has 2 N–H and O–H groups in total. The lowest BCUT2D eigenvalue weighted by Crippen LogP contribution is -2.47. The molecule has 1 spiro atoms. The fourth-order valence-electron chi connectivity index (χ4n) is 2.74. The zero-order valence-electron chi connectivity index (χ0n) is 12.4. The number of carbonyl (C=O) groups is 1. The number of hydrogen-bond donors (Lipinski definition) is 2.